The van der Waals surface area contributed by atoms with Crippen molar-refractivity contribution in [2.45, 2.75) is 50.8 Å². The Hall–Kier alpha value is -1.14. The molecular weight excluding hydrogens is 448 g/mol. The largest absolute Gasteiger partial charge is 0.476 e. The number of fused-ring (bicyclic) bond motifs is 1. The molecular formula is C15H22ClFN5O5PS. The maximum Gasteiger partial charge on any atom is 0.324 e. The molecule has 1 saturated heterocycles. The molecule has 10 nitrogen and oxygen atoms in total. The number of ether oxygens (including phenoxy) is 2. The van der Waals surface area contributed by atoms with Gasteiger partial charge in [-0.2, -0.15) is 9.97 Å². The first-order valence-corrected chi connectivity index (χ1v) is 11.8. The summed E-state index contributed by atoms with van der Waals surface area (Å²) < 4.78 is 38.0. The molecule has 0 radical (unpaired) electrons. The third-order valence-electron chi connectivity index (χ3n) is 3.89. The predicted octanol–water partition coefficient (Wildman–Crippen LogP) is 2.66. The molecule has 3 rings (SSSR count). The van der Waals surface area contributed by atoms with Gasteiger partial charge in [-0.15, -0.1) is 0 Å². The fourth-order valence-electron chi connectivity index (χ4n) is 2.89. The zero-order valence-electron chi connectivity index (χ0n) is 16.0. The molecule has 3 heterocycles. The van der Waals surface area contributed by atoms with E-state index >= 15 is 4.39 Å². The monoisotopic (exact) mass is 469 g/mol. The summed E-state index contributed by atoms with van der Waals surface area (Å²) in [5.41, 5.74) is 6.24. The summed E-state index contributed by atoms with van der Waals surface area (Å²) in [6.45, 7) is 1.88. The molecule has 1 fully saturated rings. The van der Waals surface area contributed by atoms with Crippen LogP contribution in [0.3, 0.4) is 0 Å². The standard InChI is InChI=1S/C15H22ClFN5O5PS/c1-4-24-12-10-11(20-14(18)21-12)22(7-19-10)13-15(16,17)5-9(26-13)6-25-28(23,29)27-8(2)3/h7-9,13H,4-6H2,1-3H3,(H,23,29)(H2,18,20,21). The quantitative estimate of drug-likeness (QED) is 0.440. The average molecular weight is 470 g/mol. The molecule has 2 aromatic rings. The van der Waals surface area contributed by atoms with Gasteiger partial charge in [-0.3, -0.25) is 4.57 Å². The van der Waals surface area contributed by atoms with Gasteiger partial charge >= 0.3 is 6.72 Å². The van der Waals surface area contributed by atoms with E-state index in [1.165, 1.54) is 10.9 Å². The topological polar surface area (TPSA) is 127 Å². The van der Waals surface area contributed by atoms with Crippen molar-refractivity contribution in [3.63, 3.8) is 0 Å². The van der Waals surface area contributed by atoms with E-state index in [9.17, 15) is 4.89 Å². The second-order valence-corrected chi connectivity index (χ2v) is 10.1. The SMILES string of the molecule is CCOc1nc(N)nc2c1ncn2C1OC(COP(O)(=S)OC(C)C)CC1(F)Cl. The molecule has 0 spiro atoms. The van der Waals surface area contributed by atoms with Gasteiger partial charge in [0.1, 0.15) is 0 Å². The van der Waals surface area contributed by atoms with Gasteiger partial charge in [0.05, 0.1) is 31.7 Å². The lowest BCUT2D eigenvalue weighted by Gasteiger charge is -2.21. The molecule has 0 amide bonds. The minimum absolute atomic E-state index is 0.0635. The number of anilines is 1. The molecule has 29 heavy (non-hydrogen) atoms. The molecule has 4 atom stereocenters. The van der Waals surface area contributed by atoms with Gasteiger partial charge in [0.2, 0.25) is 17.0 Å². The van der Waals surface area contributed by atoms with Gasteiger partial charge < -0.3 is 29.1 Å². The molecule has 1 aliphatic heterocycles. The zero-order chi connectivity index (χ0) is 21.4. The van der Waals surface area contributed by atoms with E-state index in [1.807, 2.05) is 0 Å². The molecule has 1 aliphatic rings. The van der Waals surface area contributed by atoms with Gasteiger partial charge in [0.25, 0.3) is 0 Å². The maximum absolute atomic E-state index is 15.1. The number of imidazole rings is 1. The number of halogens is 2. The summed E-state index contributed by atoms with van der Waals surface area (Å²) in [7, 11) is 0. The summed E-state index contributed by atoms with van der Waals surface area (Å²) in [4.78, 5) is 22.3. The molecule has 4 unspecified atom stereocenters. The second-order valence-electron chi connectivity index (χ2n) is 6.64. The van der Waals surface area contributed by atoms with E-state index in [-0.39, 0.29) is 36.6 Å². The molecule has 0 aliphatic carbocycles. The smallest absolute Gasteiger partial charge is 0.324 e. The fraction of sp³-hybridized carbons (Fsp3) is 0.667. The van der Waals surface area contributed by atoms with Crippen LogP contribution >= 0.6 is 18.3 Å². The lowest BCUT2D eigenvalue weighted by Crippen LogP contribution is -2.24. The molecule has 3 N–H and O–H groups in total. The Labute approximate surface area is 176 Å². The highest BCUT2D eigenvalue weighted by Crippen LogP contribution is 2.49. The fourth-order valence-corrected chi connectivity index (χ4v) is 4.87. The first kappa shape index (κ1) is 22.5. The number of rotatable bonds is 8. The third-order valence-corrected chi connectivity index (χ3v) is 5.97. The Balaban J connectivity index is 1.82. The summed E-state index contributed by atoms with van der Waals surface area (Å²) >= 11 is 11.0. The van der Waals surface area contributed by atoms with Gasteiger partial charge in [-0.05, 0) is 32.6 Å². The van der Waals surface area contributed by atoms with Crippen LogP contribution in [0.1, 0.15) is 33.4 Å². The van der Waals surface area contributed by atoms with Gasteiger partial charge in [-0.1, -0.05) is 11.6 Å². The first-order chi connectivity index (χ1) is 13.5. The van der Waals surface area contributed by atoms with E-state index in [1.54, 1.807) is 20.8 Å². The second kappa shape index (κ2) is 8.54. The highest BCUT2D eigenvalue weighted by Gasteiger charge is 2.50. The Morgan fingerprint density at radius 1 is 1.55 bits per heavy atom. The van der Waals surface area contributed by atoms with Crippen LogP contribution in [-0.4, -0.2) is 55.0 Å². The zero-order valence-corrected chi connectivity index (χ0v) is 18.5. The van der Waals surface area contributed by atoms with E-state index < -0.39 is 24.2 Å². The Kier molecular flexibility index (Phi) is 6.64. The van der Waals surface area contributed by atoms with E-state index in [0.717, 1.165) is 0 Å². The van der Waals surface area contributed by atoms with Crippen molar-refractivity contribution < 1.29 is 27.8 Å². The summed E-state index contributed by atoms with van der Waals surface area (Å²) in [5, 5.41) is -2.29. The lowest BCUT2D eigenvalue weighted by molar-refractivity contribution is -0.0412. The van der Waals surface area contributed by atoms with Crippen LogP contribution in [0, 0.1) is 0 Å². The number of nitrogen functional groups attached to an aromatic ring is 1. The predicted molar refractivity (Wildman–Crippen MR) is 108 cm³/mol. The van der Waals surface area contributed by atoms with Crippen LogP contribution in [-0.2, 0) is 25.6 Å². The number of nitrogens with two attached hydrogens (primary N) is 1. The third kappa shape index (κ3) is 5.13. The van der Waals surface area contributed by atoms with Gasteiger partial charge in [0.15, 0.2) is 17.4 Å². The number of hydrogen-bond donors (Lipinski definition) is 2. The summed E-state index contributed by atoms with van der Waals surface area (Å²) in [6, 6.07) is 0. The molecule has 162 valence electrons. The van der Waals surface area contributed by atoms with Crippen LogP contribution in [0.4, 0.5) is 10.3 Å². The number of alkyl halides is 2. The van der Waals surface area contributed by atoms with Crippen molar-refractivity contribution in [1.29, 1.82) is 0 Å². The van der Waals surface area contributed by atoms with Crippen molar-refractivity contribution in [2.24, 2.45) is 0 Å². The highest BCUT2D eigenvalue weighted by atomic mass is 35.5. The molecule has 0 saturated carbocycles. The minimum Gasteiger partial charge on any atom is -0.476 e. The van der Waals surface area contributed by atoms with Gasteiger partial charge in [0, 0.05) is 6.42 Å². The van der Waals surface area contributed by atoms with Crippen LogP contribution < -0.4 is 10.5 Å². The van der Waals surface area contributed by atoms with E-state index in [2.05, 4.69) is 15.0 Å². The van der Waals surface area contributed by atoms with Crippen LogP contribution in [0.15, 0.2) is 6.33 Å². The van der Waals surface area contributed by atoms with Crippen molar-refractivity contribution >= 4 is 47.2 Å². The van der Waals surface area contributed by atoms with Gasteiger partial charge in [-0.25, -0.2) is 9.37 Å². The highest BCUT2D eigenvalue weighted by molar-refractivity contribution is 8.07. The number of aromatic nitrogens is 4. The lowest BCUT2D eigenvalue weighted by atomic mass is 10.2. The Morgan fingerprint density at radius 3 is 2.93 bits per heavy atom. The van der Waals surface area contributed by atoms with Crippen LogP contribution in [0.25, 0.3) is 11.2 Å². The van der Waals surface area contributed by atoms with Crippen molar-refractivity contribution in [3.05, 3.63) is 6.33 Å². The molecule has 14 heteroatoms. The molecule has 0 bridgehead atoms. The number of hydrogen-bond acceptors (Lipinski definition) is 9. The van der Waals surface area contributed by atoms with E-state index in [4.69, 9.17) is 47.7 Å². The Morgan fingerprint density at radius 2 is 2.28 bits per heavy atom. The van der Waals surface area contributed by atoms with Crippen molar-refractivity contribution in [2.75, 3.05) is 18.9 Å². The molecule has 2 aromatic heterocycles. The minimum atomic E-state index is -3.47. The average Bonchev–Trinajstić information content (AvgIpc) is 3.12. The molecule has 0 aromatic carbocycles. The first-order valence-electron chi connectivity index (χ1n) is 8.84. The van der Waals surface area contributed by atoms with Crippen LogP contribution in [0.5, 0.6) is 5.88 Å². The van der Waals surface area contributed by atoms with E-state index in [0.29, 0.717) is 12.1 Å². The number of nitrogens with zero attached hydrogens (tertiary/aromatic N) is 4. The summed E-state index contributed by atoms with van der Waals surface area (Å²) in [5.74, 6) is 0.115. The summed E-state index contributed by atoms with van der Waals surface area (Å²) in [6.07, 6.45) is -1.26. The van der Waals surface area contributed by atoms with Crippen molar-refractivity contribution in [3.8, 4) is 5.88 Å². The van der Waals surface area contributed by atoms with Crippen molar-refractivity contribution in [1.82, 2.24) is 19.5 Å². The maximum atomic E-state index is 15.1. The Bertz CT molecular complexity index is 932. The van der Waals surface area contributed by atoms with Crippen LogP contribution in [0.2, 0.25) is 0 Å². The normalized spacial score (nSPS) is 26.9.